The molecule has 3 heteroatoms. The molecule has 0 saturated carbocycles. The number of aryl methyl sites for hydroxylation is 2. The molecule has 0 bridgehead atoms. The molecule has 0 radical (unpaired) electrons. The first kappa shape index (κ1) is 12.4. The van der Waals surface area contributed by atoms with Crippen molar-refractivity contribution in [3.05, 3.63) is 28.5 Å². The molecule has 0 aliphatic carbocycles. The van der Waals surface area contributed by atoms with Crippen LogP contribution >= 0.6 is 12.2 Å². The Bertz CT molecular complexity index is 584. The molecule has 0 aliphatic rings. The lowest BCUT2D eigenvalue weighted by Crippen LogP contribution is -2.10. The van der Waals surface area contributed by atoms with Crippen LogP contribution in [0.15, 0.2) is 18.2 Å². The van der Waals surface area contributed by atoms with Crippen molar-refractivity contribution >= 4 is 23.3 Å². The summed E-state index contributed by atoms with van der Waals surface area (Å²) in [7, 11) is 0. The van der Waals surface area contributed by atoms with E-state index < -0.39 is 0 Å². The molecule has 1 N–H and O–H groups in total. The summed E-state index contributed by atoms with van der Waals surface area (Å²) < 4.78 is 3.04. The van der Waals surface area contributed by atoms with Gasteiger partial charge in [-0.15, -0.1) is 0 Å². The Kier molecular flexibility index (Phi) is 3.13. The third kappa shape index (κ3) is 2.60. The summed E-state index contributed by atoms with van der Waals surface area (Å²) in [5, 5.41) is 0. The monoisotopic (exact) mass is 248 g/mol. The molecular formula is C14H20N2S. The van der Waals surface area contributed by atoms with Crippen molar-refractivity contribution in [1.82, 2.24) is 9.55 Å². The Morgan fingerprint density at radius 1 is 1.29 bits per heavy atom. The third-order valence-corrected chi connectivity index (χ3v) is 3.43. The van der Waals surface area contributed by atoms with Gasteiger partial charge >= 0.3 is 0 Å². The minimum absolute atomic E-state index is 0.336. The van der Waals surface area contributed by atoms with Crippen LogP contribution in [-0.4, -0.2) is 9.55 Å². The molecule has 0 fully saturated rings. The van der Waals surface area contributed by atoms with Crippen molar-refractivity contribution in [2.45, 2.75) is 40.7 Å². The Labute approximate surface area is 108 Å². The molecular weight excluding hydrogens is 228 g/mol. The first-order valence-electron chi connectivity index (χ1n) is 6.07. The normalized spacial score (nSPS) is 12.2. The fraction of sp³-hybridized carbons (Fsp3) is 0.500. The van der Waals surface area contributed by atoms with Gasteiger partial charge in [0.05, 0.1) is 11.0 Å². The number of hydrogen-bond acceptors (Lipinski definition) is 1. The molecule has 1 aromatic heterocycles. The first-order chi connectivity index (χ1) is 7.88. The topological polar surface area (TPSA) is 20.7 Å². The highest BCUT2D eigenvalue weighted by Gasteiger charge is 2.12. The van der Waals surface area contributed by atoms with E-state index in [1.54, 1.807) is 0 Å². The number of nitrogens with one attached hydrogen (secondary N) is 1. The Balaban J connectivity index is 2.44. The van der Waals surface area contributed by atoms with Crippen molar-refractivity contribution in [2.75, 3.05) is 0 Å². The number of aromatic nitrogens is 2. The van der Waals surface area contributed by atoms with Gasteiger partial charge in [-0.3, -0.25) is 0 Å². The second-order valence-electron chi connectivity index (χ2n) is 5.86. The zero-order chi connectivity index (χ0) is 12.6. The highest BCUT2D eigenvalue weighted by Crippen LogP contribution is 2.23. The van der Waals surface area contributed by atoms with Crippen molar-refractivity contribution in [3.63, 3.8) is 0 Å². The van der Waals surface area contributed by atoms with Crippen LogP contribution in [0.4, 0.5) is 0 Å². The average molecular weight is 248 g/mol. The number of H-pyrrole nitrogens is 1. The predicted octanol–water partition coefficient (Wildman–Crippen LogP) is 4.44. The van der Waals surface area contributed by atoms with Crippen molar-refractivity contribution in [2.24, 2.45) is 5.41 Å². The van der Waals surface area contributed by atoms with Crippen molar-refractivity contribution in [1.29, 1.82) is 0 Å². The summed E-state index contributed by atoms with van der Waals surface area (Å²) in [6.07, 6.45) is 1.13. The number of fused-ring (bicyclic) bond motifs is 1. The molecule has 0 spiro atoms. The van der Waals surface area contributed by atoms with Gasteiger partial charge in [0.2, 0.25) is 0 Å². The number of rotatable bonds is 2. The zero-order valence-electron chi connectivity index (χ0n) is 11.0. The van der Waals surface area contributed by atoms with Crippen LogP contribution in [0, 0.1) is 17.1 Å². The number of imidazole rings is 1. The van der Waals surface area contributed by atoms with Crippen molar-refractivity contribution < 1.29 is 0 Å². The SMILES string of the molecule is Cc1cccc2c1[nH]c(=S)n2CCC(C)(C)C. The predicted molar refractivity (Wildman–Crippen MR) is 75.9 cm³/mol. The number of benzene rings is 1. The lowest BCUT2D eigenvalue weighted by molar-refractivity contribution is 0.352. The molecule has 0 atom stereocenters. The molecule has 0 aliphatic heterocycles. The summed E-state index contributed by atoms with van der Waals surface area (Å²) in [5.74, 6) is 0. The van der Waals surface area contributed by atoms with Gasteiger partial charge in [0.15, 0.2) is 4.77 Å². The summed E-state index contributed by atoms with van der Waals surface area (Å²) in [4.78, 5) is 3.31. The standard InChI is InChI=1S/C14H20N2S/c1-10-6-5-7-11-12(10)15-13(17)16(11)9-8-14(2,3)4/h5-7H,8-9H2,1-4H3,(H,15,17). The van der Waals surface area contributed by atoms with Crippen LogP contribution in [0.3, 0.4) is 0 Å². The number of para-hydroxylation sites is 1. The maximum atomic E-state index is 5.41. The van der Waals surface area contributed by atoms with Crippen LogP contribution in [-0.2, 0) is 6.54 Å². The maximum absolute atomic E-state index is 5.41. The van der Waals surface area contributed by atoms with Gasteiger partial charge in [-0.1, -0.05) is 32.9 Å². The molecule has 2 nitrogen and oxygen atoms in total. The van der Waals surface area contributed by atoms with Gasteiger partial charge in [0.1, 0.15) is 0 Å². The van der Waals surface area contributed by atoms with Gasteiger partial charge < -0.3 is 9.55 Å². The molecule has 1 aromatic carbocycles. The first-order valence-corrected chi connectivity index (χ1v) is 6.47. The van der Waals surface area contributed by atoms with E-state index in [0.29, 0.717) is 5.41 Å². The van der Waals surface area contributed by atoms with Crippen LogP contribution in [0.2, 0.25) is 0 Å². The van der Waals surface area contributed by atoms with E-state index in [2.05, 4.69) is 55.4 Å². The van der Waals surface area contributed by atoms with E-state index in [4.69, 9.17) is 12.2 Å². The van der Waals surface area contributed by atoms with Crippen LogP contribution in [0.5, 0.6) is 0 Å². The molecule has 1 heterocycles. The summed E-state index contributed by atoms with van der Waals surface area (Å²) in [6.45, 7) is 9.87. The molecule has 0 amide bonds. The smallest absolute Gasteiger partial charge is 0.178 e. The zero-order valence-corrected chi connectivity index (χ0v) is 11.8. The van der Waals surface area contributed by atoms with Crippen LogP contribution in [0.25, 0.3) is 11.0 Å². The molecule has 2 aromatic rings. The van der Waals surface area contributed by atoms with E-state index >= 15 is 0 Å². The summed E-state index contributed by atoms with van der Waals surface area (Å²) in [5.41, 5.74) is 3.98. The van der Waals surface area contributed by atoms with Gasteiger partial charge in [-0.05, 0) is 42.6 Å². The fourth-order valence-electron chi connectivity index (χ4n) is 1.99. The minimum atomic E-state index is 0.336. The molecule has 0 saturated heterocycles. The maximum Gasteiger partial charge on any atom is 0.178 e. The lowest BCUT2D eigenvalue weighted by atomic mass is 9.92. The third-order valence-electron chi connectivity index (χ3n) is 3.10. The van der Waals surface area contributed by atoms with Gasteiger partial charge in [-0.2, -0.15) is 0 Å². The quantitative estimate of drug-likeness (QED) is 0.779. The Hall–Kier alpha value is -1.09. The summed E-state index contributed by atoms with van der Waals surface area (Å²) in [6, 6.07) is 6.34. The van der Waals surface area contributed by atoms with E-state index in [0.717, 1.165) is 17.7 Å². The summed E-state index contributed by atoms with van der Waals surface area (Å²) >= 11 is 5.41. The molecule has 2 rings (SSSR count). The van der Waals surface area contributed by atoms with E-state index in [-0.39, 0.29) is 0 Å². The number of hydrogen-bond donors (Lipinski definition) is 1. The highest BCUT2D eigenvalue weighted by atomic mass is 32.1. The molecule has 17 heavy (non-hydrogen) atoms. The Morgan fingerprint density at radius 3 is 2.65 bits per heavy atom. The molecule has 92 valence electrons. The Morgan fingerprint density at radius 2 is 2.00 bits per heavy atom. The van der Waals surface area contributed by atoms with Gasteiger partial charge in [0, 0.05) is 6.54 Å². The van der Waals surface area contributed by atoms with E-state index in [1.807, 2.05) is 0 Å². The van der Waals surface area contributed by atoms with E-state index in [9.17, 15) is 0 Å². The largest absolute Gasteiger partial charge is 0.330 e. The second-order valence-corrected chi connectivity index (χ2v) is 6.25. The van der Waals surface area contributed by atoms with Crippen LogP contribution < -0.4 is 0 Å². The van der Waals surface area contributed by atoms with E-state index in [1.165, 1.54) is 16.6 Å². The number of aromatic amines is 1. The second kappa shape index (κ2) is 4.30. The van der Waals surface area contributed by atoms with Crippen molar-refractivity contribution in [3.8, 4) is 0 Å². The van der Waals surface area contributed by atoms with Gasteiger partial charge in [0.25, 0.3) is 0 Å². The lowest BCUT2D eigenvalue weighted by Gasteiger charge is -2.18. The minimum Gasteiger partial charge on any atom is -0.330 e. The number of nitrogens with zero attached hydrogens (tertiary/aromatic N) is 1. The highest BCUT2D eigenvalue weighted by molar-refractivity contribution is 7.71. The van der Waals surface area contributed by atoms with Gasteiger partial charge in [-0.25, -0.2) is 0 Å². The molecule has 0 unspecified atom stereocenters. The average Bonchev–Trinajstić information content (AvgIpc) is 2.52. The van der Waals surface area contributed by atoms with Crippen LogP contribution in [0.1, 0.15) is 32.8 Å². The fourth-order valence-corrected chi connectivity index (χ4v) is 2.28.